The number of hydrogen-bond donors (Lipinski definition) is 1. The monoisotopic (exact) mass is 369 g/mol. The van der Waals surface area contributed by atoms with Crippen molar-refractivity contribution >= 4 is 33.6 Å². The van der Waals surface area contributed by atoms with Crippen molar-refractivity contribution in [1.82, 2.24) is 15.2 Å². The Labute approximate surface area is 155 Å². The average molecular weight is 369 g/mol. The van der Waals surface area contributed by atoms with Gasteiger partial charge in [0.2, 0.25) is 0 Å². The van der Waals surface area contributed by atoms with Crippen molar-refractivity contribution in [3.8, 4) is 0 Å². The topological polar surface area (TPSA) is 71.5 Å². The lowest BCUT2D eigenvalue weighted by Gasteiger charge is -2.16. The molecule has 6 nitrogen and oxygen atoms in total. The number of nitrogens with one attached hydrogen (secondary N) is 1. The molecule has 2 amide bonds. The minimum Gasteiger partial charge on any atom is -0.465 e. The molecular weight excluding hydrogens is 350 g/mol. The molecule has 0 saturated heterocycles. The Bertz CT molecular complexity index is 888. The van der Waals surface area contributed by atoms with E-state index in [1.165, 1.54) is 7.11 Å². The van der Waals surface area contributed by atoms with Gasteiger partial charge in [-0.2, -0.15) is 0 Å². The predicted molar refractivity (Wildman–Crippen MR) is 101 cm³/mol. The van der Waals surface area contributed by atoms with Crippen LogP contribution >= 0.6 is 11.3 Å². The fourth-order valence-electron chi connectivity index (χ4n) is 2.45. The summed E-state index contributed by atoms with van der Waals surface area (Å²) in [6, 6.07) is 14.7. The van der Waals surface area contributed by atoms with E-state index in [4.69, 9.17) is 0 Å². The van der Waals surface area contributed by atoms with Gasteiger partial charge in [-0.3, -0.25) is 0 Å². The first kappa shape index (κ1) is 17.9. The van der Waals surface area contributed by atoms with E-state index in [9.17, 15) is 9.59 Å². The highest BCUT2D eigenvalue weighted by Gasteiger charge is 2.12. The maximum Gasteiger partial charge on any atom is 0.337 e. The smallest absolute Gasteiger partial charge is 0.337 e. The zero-order valence-corrected chi connectivity index (χ0v) is 15.4. The summed E-state index contributed by atoms with van der Waals surface area (Å²) in [6.07, 6.45) is 0. The molecule has 134 valence electrons. The van der Waals surface area contributed by atoms with Crippen LogP contribution in [0.1, 0.15) is 20.9 Å². The highest BCUT2D eigenvalue weighted by Crippen LogP contribution is 2.22. The summed E-state index contributed by atoms with van der Waals surface area (Å²) in [5, 5.41) is 3.76. The molecule has 0 fully saturated rings. The lowest BCUT2D eigenvalue weighted by atomic mass is 10.1. The lowest BCUT2D eigenvalue weighted by Crippen LogP contribution is -2.36. The molecule has 0 aliphatic rings. The van der Waals surface area contributed by atoms with Gasteiger partial charge in [-0.05, 0) is 29.8 Å². The first-order valence-electron chi connectivity index (χ1n) is 8.07. The van der Waals surface area contributed by atoms with E-state index in [0.29, 0.717) is 18.7 Å². The number of carbonyl (C=O) groups is 2. The minimum absolute atomic E-state index is 0.179. The fraction of sp³-hybridized carbons (Fsp3) is 0.211. The van der Waals surface area contributed by atoms with Gasteiger partial charge in [0.25, 0.3) is 0 Å². The van der Waals surface area contributed by atoms with Gasteiger partial charge in [-0.15, -0.1) is 11.3 Å². The molecule has 0 saturated carbocycles. The van der Waals surface area contributed by atoms with Gasteiger partial charge in [-0.1, -0.05) is 24.3 Å². The number of aromatic nitrogens is 1. The third-order valence-electron chi connectivity index (χ3n) is 3.88. The van der Waals surface area contributed by atoms with E-state index >= 15 is 0 Å². The molecule has 3 rings (SSSR count). The first-order valence-corrected chi connectivity index (χ1v) is 8.89. The molecule has 1 heterocycles. The summed E-state index contributed by atoms with van der Waals surface area (Å²) in [5.41, 5.74) is 2.34. The number of fused-ring (bicyclic) bond motifs is 1. The number of ether oxygens (including phenoxy) is 1. The van der Waals surface area contributed by atoms with Gasteiger partial charge < -0.3 is 15.0 Å². The van der Waals surface area contributed by atoms with E-state index in [1.54, 1.807) is 47.5 Å². The summed E-state index contributed by atoms with van der Waals surface area (Å²) >= 11 is 1.59. The molecule has 0 aliphatic carbocycles. The molecule has 0 unspecified atom stereocenters. The van der Waals surface area contributed by atoms with Crippen LogP contribution in [0.2, 0.25) is 0 Å². The van der Waals surface area contributed by atoms with E-state index in [-0.39, 0.29) is 12.0 Å². The van der Waals surface area contributed by atoms with E-state index in [2.05, 4.69) is 15.0 Å². The van der Waals surface area contributed by atoms with Crippen LogP contribution in [0.3, 0.4) is 0 Å². The molecule has 26 heavy (non-hydrogen) atoms. The molecular formula is C19H19N3O3S. The molecule has 7 heteroatoms. The number of urea groups is 1. The van der Waals surface area contributed by atoms with E-state index < -0.39 is 0 Å². The molecule has 1 aromatic heterocycles. The Morgan fingerprint density at radius 2 is 1.88 bits per heavy atom. The SMILES string of the molecule is COC(=O)c1ccc(CNC(=O)N(C)Cc2nc3ccccc3s2)cc1. The van der Waals surface area contributed by atoms with Crippen LogP contribution in [0, 0.1) is 0 Å². The van der Waals surface area contributed by atoms with Gasteiger partial charge >= 0.3 is 12.0 Å². The molecule has 1 N–H and O–H groups in total. The largest absolute Gasteiger partial charge is 0.465 e. The Morgan fingerprint density at radius 1 is 1.15 bits per heavy atom. The van der Waals surface area contributed by atoms with Crippen molar-refractivity contribution in [2.75, 3.05) is 14.2 Å². The van der Waals surface area contributed by atoms with Crippen molar-refractivity contribution in [2.24, 2.45) is 0 Å². The summed E-state index contributed by atoms with van der Waals surface area (Å²) in [4.78, 5) is 29.8. The molecule has 3 aromatic rings. The molecule has 0 bridgehead atoms. The maximum absolute atomic E-state index is 12.3. The van der Waals surface area contributed by atoms with Gasteiger partial charge in [0, 0.05) is 13.6 Å². The number of nitrogens with zero attached hydrogens (tertiary/aromatic N) is 2. The highest BCUT2D eigenvalue weighted by atomic mass is 32.1. The third-order valence-corrected chi connectivity index (χ3v) is 4.90. The summed E-state index contributed by atoms with van der Waals surface area (Å²) in [7, 11) is 3.08. The number of amides is 2. The number of esters is 1. The Kier molecular flexibility index (Phi) is 5.48. The summed E-state index contributed by atoms with van der Waals surface area (Å²) in [6.45, 7) is 0.830. The standard InChI is InChI=1S/C19H19N3O3S/c1-22(12-17-21-15-5-3-4-6-16(15)26-17)19(24)20-11-13-7-9-14(10-8-13)18(23)25-2/h3-10H,11-12H2,1-2H3,(H,20,24). The second-order valence-corrected chi connectivity index (χ2v) is 6.89. The van der Waals surface area contributed by atoms with Crippen molar-refractivity contribution < 1.29 is 14.3 Å². The number of thiazole rings is 1. The quantitative estimate of drug-likeness (QED) is 0.700. The zero-order chi connectivity index (χ0) is 18.5. The van der Waals surface area contributed by atoms with E-state index in [0.717, 1.165) is 20.8 Å². The third kappa shape index (κ3) is 4.18. The van der Waals surface area contributed by atoms with Crippen LogP contribution in [0.15, 0.2) is 48.5 Å². The van der Waals surface area contributed by atoms with E-state index in [1.807, 2.05) is 24.3 Å². The van der Waals surface area contributed by atoms with Crippen molar-refractivity contribution in [3.05, 3.63) is 64.7 Å². The number of para-hydroxylation sites is 1. The Balaban J connectivity index is 1.54. The van der Waals surface area contributed by atoms with Gasteiger partial charge in [0.1, 0.15) is 5.01 Å². The maximum atomic E-state index is 12.3. The van der Waals surface area contributed by atoms with Crippen LogP contribution in [0.5, 0.6) is 0 Å². The molecule has 2 aromatic carbocycles. The minimum atomic E-state index is -0.379. The molecule has 0 radical (unpaired) electrons. The van der Waals surface area contributed by atoms with Crippen LogP contribution in [-0.4, -0.2) is 36.0 Å². The van der Waals surface area contributed by atoms with Crippen LogP contribution in [-0.2, 0) is 17.8 Å². The number of rotatable bonds is 5. The zero-order valence-electron chi connectivity index (χ0n) is 14.6. The predicted octanol–water partition coefficient (Wildman–Crippen LogP) is 3.42. The second-order valence-electron chi connectivity index (χ2n) is 5.78. The lowest BCUT2D eigenvalue weighted by molar-refractivity contribution is 0.0600. The van der Waals surface area contributed by atoms with Gasteiger partial charge in [0.05, 0.1) is 29.4 Å². The Morgan fingerprint density at radius 3 is 2.58 bits per heavy atom. The number of methoxy groups -OCH3 is 1. The molecule has 0 spiro atoms. The van der Waals surface area contributed by atoms with Crippen molar-refractivity contribution in [1.29, 1.82) is 0 Å². The van der Waals surface area contributed by atoms with Crippen molar-refractivity contribution in [2.45, 2.75) is 13.1 Å². The number of benzene rings is 2. The number of carbonyl (C=O) groups excluding carboxylic acids is 2. The summed E-state index contributed by atoms with van der Waals surface area (Å²) < 4.78 is 5.78. The van der Waals surface area contributed by atoms with Crippen molar-refractivity contribution in [3.63, 3.8) is 0 Å². The van der Waals surface area contributed by atoms with Gasteiger partial charge in [-0.25, -0.2) is 14.6 Å². The van der Waals surface area contributed by atoms with Crippen LogP contribution < -0.4 is 5.32 Å². The highest BCUT2D eigenvalue weighted by molar-refractivity contribution is 7.18. The normalized spacial score (nSPS) is 10.5. The Hall–Kier alpha value is -2.93. The van der Waals surface area contributed by atoms with Crippen LogP contribution in [0.25, 0.3) is 10.2 Å². The fourth-order valence-corrected chi connectivity index (χ4v) is 3.47. The molecule has 0 aliphatic heterocycles. The van der Waals surface area contributed by atoms with Gasteiger partial charge in [0.15, 0.2) is 0 Å². The second kappa shape index (κ2) is 7.97. The summed E-state index contributed by atoms with van der Waals surface area (Å²) in [5.74, 6) is -0.379. The first-order chi connectivity index (χ1) is 12.6. The average Bonchev–Trinajstić information content (AvgIpc) is 3.08. The molecule has 0 atom stereocenters. The van der Waals surface area contributed by atoms with Crippen LogP contribution in [0.4, 0.5) is 4.79 Å². The number of hydrogen-bond acceptors (Lipinski definition) is 5.